The third-order valence-corrected chi connectivity index (χ3v) is 6.60. The van der Waals surface area contributed by atoms with Crippen molar-refractivity contribution in [3.8, 4) is 5.75 Å². The van der Waals surface area contributed by atoms with Gasteiger partial charge >= 0.3 is 0 Å². The van der Waals surface area contributed by atoms with Gasteiger partial charge in [0.05, 0.1) is 5.56 Å². The van der Waals surface area contributed by atoms with E-state index in [9.17, 15) is 0 Å². The van der Waals surface area contributed by atoms with Crippen molar-refractivity contribution in [2.45, 2.75) is 53.1 Å². The van der Waals surface area contributed by atoms with Crippen molar-refractivity contribution in [1.82, 2.24) is 0 Å². The summed E-state index contributed by atoms with van der Waals surface area (Å²) in [6.45, 7) is 9.24. The summed E-state index contributed by atoms with van der Waals surface area (Å²) >= 11 is 5.19. The molecular formula is C18H25NOS. The highest BCUT2D eigenvalue weighted by molar-refractivity contribution is 7.80. The molecule has 3 atom stereocenters. The summed E-state index contributed by atoms with van der Waals surface area (Å²) in [6.07, 6.45) is 4.00. The van der Waals surface area contributed by atoms with E-state index in [1.165, 1.54) is 12.8 Å². The lowest BCUT2D eigenvalue weighted by Crippen LogP contribution is -2.39. The number of benzene rings is 1. The molecule has 3 unspecified atom stereocenters. The van der Waals surface area contributed by atoms with Crippen LogP contribution < -0.4 is 10.5 Å². The molecule has 3 rings (SSSR count). The molecule has 114 valence electrons. The van der Waals surface area contributed by atoms with Gasteiger partial charge in [-0.25, -0.2) is 0 Å². The summed E-state index contributed by atoms with van der Waals surface area (Å²) in [5.74, 6) is 1.62. The van der Waals surface area contributed by atoms with Crippen LogP contribution in [-0.4, -0.2) is 11.1 Å². The molecule has 0 aliphatic heterocycles. The number of hydrogen-bond acceptors (Lipinski definition) is 2. The first-order valence-corrected chi connectivity index (χ1v) is 8.23. The molecule has 1 aromatic carbocycles. The largest absolute Gasteiger partial charge is 0.489 e. The summed E-state index contributed by atoms with van der Waals surface area (Å²) in [7, 11) is 0. The van der Waals surface area contributed by atoms with Gasteiger partial charge in [-0.1, -0.05) is 44.6 Å². The highest BCUT2D eigenvalue weighted by Gasteiger charge is 2.62. The van der Waals surface area contributed by atoms with Gasteiger partial charge in [0.15, 0.2) is 0 Å². The highest BCUT2D eigenvalue weighted by Crippen LogP contribution is 2.66. The predicted molar refractivity (Wildman–Crippen MR) is 90.7 cm³/mol. The van der Waals surface area contributed by atoms with Crippen molar-refractivity contribution >= 4 is 17.2 Å². The van der Waals surface area contributed by atoms with Gasteiger partial charge in [0.1, 0.15) is 16.8 Å². The second kappa shape index (κ2) is 4.70. The maximum Gasteiger partial charge on any atom is 0.129 e. The van der Waals surface area contributed by atoms with Crippen LogP contribution in [0.5, 0.6) is 5.75 Å². The van der Waals surface area contributed by atoms with Crippen molar-refractivity contribution in [1.29, 1.82) is 0 Å². The average Bonchev–Trinajstić information content (AvgIpc) is 2.73. The van der Waals surface area contributed by atoms with E-state index in [4.69, 9.17) is 22.7 Å². The lowest BCUT2D eigenvalue weighted by atomic mass is 9.70. The van der Waals surface area contributed by atoms with Gasteiger partial charge in [0.25, 0.3) is 0 Å². The summed E-state index contributed by atoms with van der Waals surface area (Å²) in [6, 6.07) is 6.11. The zero-order chi connectivity index (χ0) is 15.4. The number of aryl methyl sites for hydroxylation is 1. The first-order chi connectivity index (χ1) is 9.75. The molecule has 2 N–H and O–H groups in total. The summed E-state index contributed by atoms with van der Waals surface area (Å²) < 4.78 is 6.43. The maximum absolute atomic E-state index is 6.43. The number of thiocarbonyl (C=S) groups is 1. The lowest BCUT2D eigenvalue weighted by molar-refractivity contribution is 0.0301. The first-order valence-electron chi connectivity index (χ1n) is 7.83. The molecule has 1 aromatic rings. The molecule has 0 aromatic heterocycles. The van der Waals surface area contributed by atoms with Crippen molar-refractivity contribution < 1.29 is 4.74 Å². The normalized spacial score (nSPS) is 33.1. The Hall–Kier alpha value is -1.09. The Morgan fingerprint density at radius 2 is 2.05 bits per heavy atom. The lowest BCUT2D eigenvalue weighted by Gasteiger charge is -2.39. The molecule has 2 fully saturated rings. The third kappa shape index (κ3) is 2.09. The van der Waals surface area contributed by atoms with Gasteiger partial charge in [-0.15, -0.1) is 0 Å². The van der Waals surface area contributed by atoms with Crippen LogP contribution in [0, 0.1) is 23.7 Å². The van der Waals surface area contributed by atoms with Crippen LogP contribution in [0.4, 0.5) is 0 Å². The quantitative estimate of drug-likeness (QED) is 0.849. The van der Waals surface area contributed by atoms with Gasteiger partial charge in [0.2, 0.25) is 0 Å². The van der Waals surface area contributed by atoms with Gasteiger partial charge in [-0.05, 0) is 49.7 Å². The van der Waals surface area contributed by atoms with Gasteiger partial charge in [-0.3, -0.25) is 0 Å². The van der Waals surface area contributed by atoms with E-state index >= 15 is 0 Å². The molecule has 0 spiro atoms. The molecule has 3 heteroatoms. The van der Waals surface area contributed by atoms with E-state index in [2.05, 4.69) is 26.8 Å². The molecule has 0 amide bonds. The van der Waals surface area contributed by atoms with Crippen molar-refractivity contribution in [3.05, 3.63) is 29.3 Å². The Balaban J connectivity index is 1.91. The van der Waals surface area contributed by atoms with Crippen LogP contribution in [0.25, 0.3) is 0 Å². The Kier molecular flexibility index (Phi) is 3.32. The summed E-state index contributed by atoms with van der Waals surface area (Å²) in [5.41, 5.74) is 8.50. The molecule has 2 aliphatic carbocycles. The van der Waals surface area contributed by atoms with Crippen LogP contribution in [0.15, 0.2) is 18.2 Å². The Labute approximate surface area is 133 Å². The van der Waals surface area contributed by atoms with Crippen molar-refractivity contribution in [2.24, 2.45) is 22.5 Å². The third-order valence-electron chi connectivity index (χ3n) is 6.38. The molecule has 21 heavy (non-hydrogen) atoms. The summed E-state index contributed by atoms with van der Waals surface area (Å²) in [4.78, 5) is 0.418. The average molecular weight is 303 g/mol. The van der Waals surface area contributed by atoms with Crippen molar-refractivity contribution in [2.75, 3.05) is 0 Å². The molecule has 2 bridgehead atoms. The van der Waals surface area contributed by atoms with Gasteiger partial charge in [0, 0.05) is 5.41 Å². The van der Waals surface area contributed by atoms with Crippen LogP contribution in [0.1, 0.15) is 51.2 Å². The fourth-order valence-electron chi connectivity index (χ4n) is 4.40. The Morgan fingerprint density at radius 1 is 1.33 bits per heavy atom. The van der Waals surface area contributed by atoms with E-state index in [1.807, 2.05) is 19.1 Å². The minimum Gasteiger partial charge on any atom is -0.489 e. The zero-order valence-corrected chi connectivity index (χ0v) is 14.2. The van der Waals surface area contributed by atoms with Crippen molar-refractivity contribution in [3.63, 3.8) is 0 Å². The van der Waals surface area contributed by atoms with Crippen LogP contribution in [0.2, 0.25) is 0 Å². The van der Waals surface area contributed by atoms with E-state index < -0.39 is 0 Å². The van der Waals surface area contributed by atoms with Crippen LogP contribution in [-0.2, 0) is 0 Å². The highest BCUT2D eigenvalue weighted by atomic mass is 32.1. The molecule has 0 radical (unpaired) electrons. The fraction of sp³-hybridized carbons (Fsp3) is 0.611. The van der Waals surface area contributed by atoms with Crippen LogP contribution >= 0.6 is 12.2 Å². The SMILES string of the molecule is Cc1ccc(OC2CC3CCC2(C)C3(C)C)c(C(N)=S)c1. The number of nitrogens with two attached hydrogens (primary N) is 1. The van der Waals surface area contributed by atoms with E-state index in [0.29, 0.717) is 10.4 Å². The van der Waals surface area contributed by atoms with Crippen LogP contribution in [0.3, 0.4) is 0 Å². The number of rotatable bonds is 3. The minimum atomic E-state index is 0.246. The molecule has 2 nitrogen and oxygen atoms in total. The van der Waals surface area contributed by atoms with Gasteiger partial charge in [-0.2, -0.15) is 0 Å². The standard InChI is InChI=1S/C18H25NOS/c1-11-5-6-14(13(9-11)16(19)21)20-15-10-12-7-8-18(15,4)17(12,2)3/h5-6,9,12,15H,7-8,10H2,1-4H3,(H2,19,21). The zero-order valence-electron chi connectivity index (χ0n) is 13.4. The fourth-order valence-corrected chi connectivity index (χ4v) is 4.56. The number of fused-ring (bicyclic) bond motifs is 2. The number of ether oxygens (including phenoxy) is 1. The molecule has 2 saturated carbocycles. The molecule has 0 saturated heterocycles. The Morgan fingerprint density at radius 3 is 2.57 bits per heavy atom. The van der Waals surface area contributed by atoms with Gasteiger partial charge < -0.3 is 10.5 Å². The van der Waals surface area contributed by atoms with E-state index in [0.717, 1.165) is 29.2 Å². The maximum atomic E-state index is 6.43. The minimum absolute atomic E-state index is 0.246. The second-order valence-electron chi connectivity index (χ2n) is 7.58. The smallest absolute Gasteiger partial charge is 0.129 e. The topological polar surface area (TPSA) is 35.2 Å². The van der Waals surface area contributed by atoms with E-state index in [1.54, 1.807) is 0 Å². The molecular weight excluding hydrogens is 278 g/mol. The van der Waals surface area contributed by atoms with E-state index in [-0.39, 0.29) is 11.5 Å². The Bertz CT molecular complexity index is 595. The second-order valence-corrected chi connectivity index (χ2v) is 8.02. The molecule has 2 aliphatic rings. The first kappa shape index (κ1) is 14.8. The summed E-state index contributed by atoms with van der Waals surface area (Å²) in [5, 5.41) is 0. The number of hydrogen-bond donors (Lipinski definition) is 1. The predicted octanol–water partition coefficient (Wildman–Crippen LogP) is 4.22. The molecule has 0 heterocycles. The monoisotopic (exact) mass is 303 g/mol.